The van der Waals surface area contributed by atoms with E-state index in [9.17, 15) is 4.79 Å². The summed E-state index contributed by atoms with van der Waals surface area (Å²) in [5.74, 6) is 1.11. The molecule has 1 saturated heterocycles. The van der Waals surface area contributed by atoms with Crippen molar-refractivity contribution in [3.63, 3.8) is 0 Å². The Hall–Kier alpha value is -2.08. The molecule has 1 amide bonds. The first kappa shape index (κ1) is 21.2. The molecule has 0 aromatic heterocycles. The standard InChI is InChI=1S/C21H34N4O2/c1-3-22-21(23-12-5-6-14-27-4-2)24-16-18-9-7-10-19(15-18)17-25-13-8-11-20(25)26/h7,9-10,15H,3-6,8,11-14,16-17H2,1-2H3,(H2,22,23,24). The predicted molar refractivity (Wildman–Crippen MR) is 110 cm³/mol. The summed E-state index contributed by atoms with van der Waals surface area (Å²) in [6, 6.07) is 8.38. The molecule has 6 heteroatoms. The van der Waals surface area contributed by atoms with Crippen LogP contribution in [-0.4, -0.2) is 49.6 Å². The first-order valence-corrected chi connectivity index (χ1v) is 10.2. The summed E-state index contributed by atoms with van der Waals surface area (Å²) < 4.78 is 5.36. The van der Waals surface area contributed by atoms with Gasteiger partial charge in [0.05, 0.1) is 6.54 Å². The smallest absolute Gasteiger partial charge is 0.222 e. The molecular formula is C21H34N4O2. The number of aliphatic imine (C=N–C) groups is 1. The Labute approximate surface area is 163 Å². The van der Waals surface area contributed by atoms with Crippen LogP contribution in [0.4, 0.5) is 0 Å². The van der Waals surface area contributed by atoms with Crippen molar-refractivity contribution in [2.75, 3.05) is 32.8 Å². The van der Waals surface area contributed by atoms with Gasteiger partial charge in [-0.15, -0.1) is 0 Å². The number of carbonyl (C=O) groups is 1. The van der Waals surface area contributed by atoms with Crippen molar-refractivity contribution < 1.29 is 9.53 Å². The van der Waals surface area contributed by atoms with E-state index in [0.717, 1.165) is 63.6 Å². The third-order valence-corrected chi connectivity index (χ3v) is 4.51. The van der Waals surface area contributed by atoms with Crippen molar-refractivity contribution in [3.8, 4) is 0 Å². The summed E-state index contributed by atoms with van der Waals surface area (Å²) in [5, 5.41) is 6.67. The number of hydrogen-bond donors (Lipinski definition) is 2. The van der Waals surface area contributed by atoms with E-state index >= 15 is 0 Å². The van der Waals surface area contributed by atoms with Crippen LogP contribution in [0.5, 0.6) is 0 Å². The molecular weight excluding hydrogens is 340 g/mol. The zero-order valence-corrected chi connectivity index (χ0v) is 16.8. The molecule has 6 nitrogen and oxygen atoms in total. The van der Waals surface area contributed by atoms with E-state index in [4.69, 9.17) is 4.74 Å². The number of likely N-dealkylation sites (tertiary alicyclic amines) is 1. The highest BCUT2D eigenvalue weighted by Crippen LogP contribution is 2.15. The predicted octanol–water partition coefficient (Wildman–Crippen LogP) is 2.68. The van der Waals surface area contributed by atoms with Crippen LogP contribution in [0.15, 0.2) is 29.3 Å². The molecule has 2 N–H and O–H groups in total. The molecule has 0 unspecified atom stereocenters. The molecule has 0 radical (unpaired) electrons. The normalized spacial score (nSPS) is 14.7. The maximum Gasteiger partial charge on any atom is 0.222 e. The van der Waals surface area contributed by atoms with Gasteiger partial charge in [-0.2, -0.15) is 0 Å². The topological polar surface area (TPSA) is 66.0 Å². The van der Waals surface area contributed by atoms with Gasteiger partial charge < -0.3 is 20.3 Å². The minimum Gasteiger partial charge on any atom is -0.382 e. The Bertz CT molecular complexity index is 604. The van der Waals surface area contributed by atoms with Crippen LogP contribution in [0.3, 0.4) is 0 Å². The van der Waals surface area contributed by atoms with Crippen LogP contribution in [-0.2, 0) is 22.6 Å². The van der Waals surface area contributed by atoms with Crippen molar-refractivity contribution in [2.24, 2.45) is 4.99 Å². The van der Waals surface area contributed by atoms with E-state index in [2.05, 4.69) is 46.8 Å². The zero-order chi connectivity index (χ0) is 19.3. The molecule has 1 aliphatic rings. The Morgan fingerprint density at radius 1 is 1.22 bits per heavy atom. The van der Waals surface area contributed by atoms with Crippen molar-refractivity contribution in [1.82, 2.24) is 15.5 Å². The minimum absolute atomic E-state index is 0.265. The fourth-order valence-electron chi connectivity index (χ4n) is 3.11. The Morgan fingerprint density at radius 3 is 2.81 bits per heavy atom. The van der Waals surface area contributed by atoms with E-state index in [0.29, 0.717) is 19.5 Å². The molecule has 27 heavy (non-hydrogen) atoms. The Balaban J connectivity index is 1.83. The van der Waals surface area contributed by atoms with Gasteiger partial charge in [-0.1, -0.05) is 24.3 Å². The quantitative estimate of drug-likeness (QED) is 0.355. The highest BCUT2D eigenvalue weighted by molar-refractivity contribution is 5.79. The van der Waals surface area contributed by atoms with Crippen molar-refractivity contribution in [1.29, 1.82) is 0 Å². The molecule has 0 saturated carbocycles. The number of rotatable bonds is 11. The van der Waals surface area contributed by atoms with E-state index in [-0.39, 0.29) is 5.91 Å². The van der Waals surface area contributed by atoms with Crippen molar-refractivity contribution in [2.45, 2.75) is 52.6 Å². The SMILES string of the molecule is CCNC(=NCc1cccc(CN2CCCC2=O)c1)NCCCCOCC. The molecule has 0 aliphatic carbocycles. The summed E-state index contributed by atoms with van der Waals surface area (Å²) in [7, 11) is 0. The molecule has 1 fully saturated rings. The summed E-state index contributed by atoms with van der Waals surface area (Å²) in [6.45, 7) is 9.61. The van der Waals surface area contributed by atoms with E-state index in [1.807, 2.05) is 11.8 Å². The van der Waals surface area contributed by atoms with Gasteiger partial charge in [0.25, 0.3) is 0 Å². The average Bonchev–Trinajstić information content (AvgIpc) is 3.07. The lowest BCUT2D eigenvalue weighted by atomic mass is 10.1. The molecule has 0 spiro atoms. The molecule has 1 aromatic rings. The summed E-state index contributed by atoms with van der Waals surface area (Å²) >= 11 is 0. The van der Waals surface area contributed by atoms with Gasteiger partial charge in [0.2, 0.25) is 5.91 Å². The van der Waals surface area contributed by atoms with Crippen LogP contribution >= 0.6 is 0 Å². The van der Waals surface area contributed by atoms with Crippen LogP contribution in [0.2, 0.25) is 0 Å². The van der Waals surface area contributed by atoms with Crippen LogP contribution in [0.25, 0.3) is 0 Å². The highest BCUT2D eigenvalue weighted by atomic mass is 16.5. The van der Waals surface area contributed by atoms with E-state index in [1.165, 1.54) is 5.56 Å². The number of nitrogens with zero attached hydrogens (tertiary/aromatic N) is 2. The van der Waals surface area contributed by atoms with Crippen LogP contribution in [0.1, 0.15) is 50.7 Å². The Kier molecular flexibility index (Phi) is 9.69. The number of unbranched alkanes of at least 4 members (excludes halogenated alkanes) is 1. The van der Waals surface area contributed by atoms with E-state index in [1.54, 1.807) is 0 Å². The summed E-state index contributed by atoms with van der Waals surface area (Å²) in [4.78, 5) is 18.4. The van der Waals surface area contributed by atoms with Gasteiger partial charge in [0.15, 0.2) is 5.96 Å². The monoisotopic (exact) mass is 374 g/mol. The van der Waals surface area contributed by atoms with Gasteiger partial charge in [-0.3, -0.25) is 4.79 Å². The minimum atomic E-state index is 0.265. The molecule has 1 aromatic carbocycles. The van der Waals surface area contributed by atoms with Crippen molar-refractivity contribution >= 4 is 11.9 Å². The molecule has 150 valence electrons. The first-order valence-electron chi connectivity index (χ1n) is 10.2. The summed E-state index contributed by atoms with van der Waals surface area (Å²) in [5.41, 5.74) is 2.33. The lowest BCUT2D eigenvalue weighted by Crippen LogP contribution is -2.37. The second-order valence-corrected chi connectivity index (χ2v) is 6.76. The van der Waals surface area contributed by atoms with Crippen molar-refractivity contribution in [3.05, 3.63) is 35.4 Å². The number of hydrogen-bond acceptors (Lipinski definition) is 3. The zero-order valence-electron chi connectivity index (χ0n) is 16.8. The fraction of sp³-hybridized carbons (Fsp3) is 0.619. The maximum atomic E-state index is 11.8. The van der Waals surface area contributed by atoms with Gasteiger partial charge in [0.1, 0.15) is 0 Å². The van der Waals surface area contributed by atoms with E-state index < -0.39 is 0 Å². The third kappa shape index (κ3) is 7.99. The molecule has 1 heterocycles. The maximum absolute atomic E-state index is 11.8. The number of amides is 1. The Morgan fingerprint density at radius 2 is 2.07 bits per heavy atom. The van der Waals surface area contributed by atoms with Gasteiger partial charge in [0, 0.05) is 45.8 Å². The number of ether oxygens (including phenoxy) is 1. The molecule has 2 rings (SSSR count). The largest absolute Gasteiger partial charge is 0.382 e. The molecule has 0 bridgehead atoms. The van der Waals surface area contributed by atoms with Crippen LogP contribution < -0.4 is 10.6 Å². The van der Waals surface area contributed by atoms with Gasteiger partial charge >= 0.3 is 0 Å². The fourth-order valence-corrected chi connectivity index (χ4v) is 3.11. The second-order valence-electron chi connectivity index (χ2n) is 6.76. The molecule has 1 aliphatic heterocycles. The number of carbonyl (C=O) groups excluding carboxylic acids is 1. The highest BCUT2D eigenvalue weighted by Gasteiger charge is 2.19. The number of nitrogens with one attached hydrogen (secondary N) is 2. The lowest BCUT2D eigenvalue weighted by molar-refractivity contribution is -0.128. The third-order valence-electron chi connectivity index (χ3n) is 4.51. The lowest BCUT2D eigenvalue weighted by Gasteiger charge is -2.16. The first-order chi connectivity index (χ1) is 13.2. The number of benzene rings is 1. The van der Waals surface area contributed by atoms with Gasteiger partial charge in [-0.25, -0.2) is 4.99 Å². The van der Waals surface area contributed by atoms with Crippen LogP contribution in [0, 0.1) is 0 Å². The second kappa shape index (κ2) is 12.3. The van der Waals surface area contributed by atoms with Gasteiger partial charge in [-0.05, 0) is 44.2 Å². The number of guanidine groups is 1. The summed E-state index contributed by atoms with van der Waals surface area (Å²) in [6.07, 6.45) is 3.78. The molecule has 0 atom stereocenters. The average molecular weight is 375 g/mol.